The molecule has 0 saturated heterocycles. The Balaban J connectivity index is 0.00000280. The van der Waals surface area contributed by atoms with Gasteiger partial charge in [-0.05, 0) is 36.2 Å². The van der Waals surface area contributed by atoms with Gasteiger partial charge in [-0.25, -0.2) is 8.42 Å². The molecule has 1 heterocycles. The van der Waals surface area contributed by atoms with Gasteiger partial charge >= 0.3 is 0 Å². The Labute approximate surface area is 171 Å². The van der Waals surface area contributed by atoms with E-state index < -0.39 is 10.0 Å². The van der Waals surface area contributed by atoms with Gasteiger partial charge in [-0.1, -0.05) is 31.2 Å². The van der Waals surface area contributed by atoms with Crippen molar-refractivity contribution in [3.8, 4) is 0 Å². The summed E-state index contributed by atoms with van der Waals surface area (Å²) in [7, 11) is -1.30. The van der Waals surface area contributed by atoms with Gasteiger partial charge in [-0.3, -0.25) is 10.1 Å². The minimum atomic E-state index is -3.30. The van der Waals surface area contributed by atoms with E-state index in [1.807, 2.05) is 50.4 Å². The molecule has 0 atom stereocenters. The zero-order chi connectivity index (χ0) is 19.6. The van der Waals surface area contributed by atoms with Crippen LogP contribution < -0.4 is 10.5 Å². The predicted octanol–water partition coefficient (Wildman–Crippen LogP) is 3.63. The van der Waals surface area contributed by atoms with E-state index in [4.69, 9.17) is 11.1 Å². The molecule has 0 amide bonds. The highest BCUT2D eigenvalue weighted by Crippen LogP contribution is 2.25. The van der Waals surface area contributed by atoms with Crippen LogP contribution in [0.15, 0.2) is 48.5 Å². The molecule has 0 radical (unpaired) electrons. The Kier molecular flexibility index (Phi) is 6.74. The zero-order valence-electron chi connectivity index (χ0n) is 15.9. The lowest BCUT2D eigenvalue weighted by molar-refractivity contribution is 0.600. The number of benzene rings is 2. The Morgan fingerprint density at radius 3 is 2.43 bits per heavy atom. The van der Waals surface area contributed by atoms with Gasteiger partial charge < -0.3 is 10.3 Å². The summed E-state index contributed by atoms with van der Waals surface area (Å²) in [5.41, 5.74) is 10.1. The minimum Gasteiger partial charge on any atom is -0.384 e. The molecular formula is C20H25ClN4O2S. The largest absolute Gasteiger partial charge is 0.384 e. The second-order valence-corrected chi connectivity index (χ2v) is 8.52. The highest BCUT2D eigenvalue weighted by atomic mass is 35.5. The lowest BCUT2D eigenvalue weighted by atomic mass is 10.1. The number of aryl methyl sites for hydroxylation is 1. The molecule has 2 aromatic carbocycles. The van der Waals surface area contributed by atoms with E-state index in [9.17, 15) is 8.42 Å². The highest BCUT2D eigenvalue weighted by Gasteiger charge is 2.11. The Hall–Kier alpha value is -2.51. The van der Waals surface area contributed by atoms with Gasteiger partial charge in [0.2, 0.25) is 10.0 Å². The first-order valence-corrected chi connectivity index (χ1v) is 10.5. The standard InChI is InChI=1S/C20H24N4O2S.ClH/c1-3-10-27(25,26)23-17-8-9-19-16(12-17)13-18(24(19)2)11-14-4-6-15(7-5-14)20(21)22;/h4-9,12-13,23H,3,10-11H2,1-2H3,(H3,21,22);1H. The molecule has 0 bridgehead atoms. The third-order valence-corrected chi connectivity index (χ3v) is 6.03. The number of hydrogen-bond acceptors (Lipinski definition) is 3. The monoisotopic (exact) mass is 420 g/mol. The first kappa shape index (κ1) is 21.8. The van der Waals surface area contributed by atoms with Crippen molar-refractivity contribution < 1.29 is 8.42 Å². The lowest BCUT2D eigenvalue weighted by Crippen LogP contribution is -2.15. The van der Waals surface area contributed by atoms with Crippen molar-refractivity contribution in [2.75, 3.05) is 10.5 Å². The summed E-state index contributed by atoms with van der Waals surface area (Å²) >= 11 is 0. The SMILES string of the molecule is CCCS(=O)(=O)Nc1ccc2c(c1)cc(Cc1ccc(C(=N)N)cc1)n2C.Cl. The van der Waals surface area contributed by atoms with Crippen molar-refractivity contribution in [2.45, 2.75) is 19.8 Å². The Morgan fingerprint density at radius 1 is 1.14 bits per heavy atom. The molecule has 0 aliphatic carbocycles. The van der Waals surface area contributed by atoms with Crippen LogP contribution in [-0.2, 0) is 23.5 Å². The van der Waals surface area contributed by atoms with Crippen molar-refractivity contribution in [1.82, 2.24) is 4.57 Å². The van der Waals surface area contributed by atoms with Crippen LogP contribution in [0.3, 0.4) is 0 Å². The van der Waals surface area contributed by atoms with E-state index in [1.165, 1.54) is 0 Å². The third-order valence-electron chi connectivity index (χ3n) is 4.54. The molecular weight excluding hydrogens is 396 g/mol. The molecule has 3 aromatic rings. The van der Waals surface area contributed by atoms with Gasteiger partial charge in [0.15, 0.2) is 0 Å². The predicted molar refractivity (Wildman–Crippen MR) is 118 cm³/mol. The normalized spacial score (nSPS) is 11.2. The van der Waals surface area contributed by atoms with Crippen LogP contribution >= 0.6 is 12.4 Å². The van der Waals surface area contributed by atoms with Gasteiger partial charge in [0.25, 0.3) is 0 Å². The minimum absolute atomic E-state index is 0. The third kappa shape index (κ3) is 4.85. The molecule has 0 saturated carbocycles. The van der Waals surface area contributed by atoms with Crippen LogP contribution in [0, 0.1) is 5.41 Å². The number of nitrogens with two attached hydrogens (primary N) is 1. The van der Waals surface area contributed by atoms with Gasteiger partial charge in [-0.15, -0.1) is 12.4 Å². The van der Waals surface area contributed by atoms with Crippen LogP contribution in [0.2, 0.25) is 0 Å². The Bertz CT molecular complexity index is 1090. The first-order chi connectivity index (χ1) is 12.8. The van der Waals surface area contributed by atoms with Gasteiger partial charge in [-0.2, -0.15) is 0 Å². The molecule has 28 heavy (non-hydrogen) atoms. The molecule has 1 aromatic heterocycles. The van der Waals surface area contributed by atoms with Crippen molar-refractivity contribution in [3.63, 3.8) is 0 Å². The van der Waals surface area contributed by atoms with Crippen molar-refractivity contribution in [2.24, 2.45) is 12.8 Å². The summed E-state index contributed by atoms with van der Waals surface area (Å²) in [6, 6.07) is 15.3. The second kappa shape index (κ2) is 8.67. The van der Waals surface area contributed by atoms with E-state index in [-0.39, 0.29) is 24.0 Å². The average Bonchev–Trinajstić information content (AvgIpc) is 2.90. The number of amidine groups is 1. The summed E-state index contributed by atoms with van der Waals surface area (Å²) in [5, 5.41) is 8.46. The number of fused-ring (bicyclic) bond motifs is 1. The maximum Gasteiger partial charge on any atom is 0.232 e. The van der Waals surface area contributed by atoms with E-state index in [2.05, 4.69) is 15.4 Å². The number of nitrogens with zero attached hydrogens (tertiary/aromatic N) is 1. The molecule has 0 spiro atoms. The fraction of sp³-hybridized carbons (Fsp3) is 0.250. The summed E-state index contributed by atoms with van der Waals surface area (Å²) in [4.78, 5) is 0. The zero-order valence-corrected chi connectivity index (χ0v) is 17.5. The van der Waals surface area contributed by atoms with E-state index in [0.717, 1.165) is 28.6 Å². The number of halogens is 1. The number of nitrogen functional groups attached to an aromatic ring is 1. The van der Waals surface area contributed by atoms with Crippen LogP contribution in [0.5, 0.6) is 0 Å². The van der Waals surface area contributed by atoms with Crippen molar-refractivity contribution in [3.05, 3.63) is 65.4 Å². The van der Waals surface area contributed by atoms with E-state index in [0.29, 0.717) is 17.7 Å². The molecule has 150 valence electrons. The number of rotatable bonds is 7. The number of hydrogen-bond donors (Lipinski definition) is 3. The summed E-state index contributed by atoms with van der Waals surface area (Å²) in [6.07, 6.45) is 1.32. The van der Waals surface area contributed by atoms with Crippen LogP contribution in [0.4, 0.5) is 5.69 Å². The number of nitrogens with one attached hydrogen (secondary N) is 2. The van der Waals surface area contributed by atoms with E-state index >= 15 is 0 Å². The maximum absolute atomic E-state index is 12.0. The first-order valence-electron chi connectivity index (χ1n) is 8.81. The summed E-state index contributed by atoms with van der Waals surface area (Å²) in [6.45, 7) is 1.84. The molecule has 0 fully saturated rings. The molecule has 8 heteroatoms. The van der Waals surface area contributed by atoms with E-state index in [1.54, 1.807) is 6.07 Å². The maximum atomic E-state index is 12.0. The fourth-order valence-electron chi connectivity index (χ4n) is 3.15. The van der Waals surface area contributed by atoms with Gasteiger partial charge in [0, 0.05) is 41.3 Å². The van der Waals surface area contributed by atoms with Crippen molar-refractivity contribution >= 4 is 44.9 Å². The van der Waals surface area contributed by atoms with Gasteiger partial charge in [0.05, 0.1) is 5.75 Å². The topological polar surface area (TPSA) is 101 Å². The van der Waals surface area contributed by atoms with Crippen LogP contribution in [0.1, 0.15) is 30.2 Å². The fourth-order valence-corrected chi connectivity index (χ4v) is 4.28. The Morgan fingerprint density at radius 2 is 1.82 bits per heavy atom. The summed E-state index contributed by atoms with van der Waals surface area (Å²) < 4.78 is 28.7. The van der Waals surface area contributed by atoms with Gasteiger partial charge in [0.1, 0.15) is 5.84 Å². The average molecular weight is 421 g/mol. The molecule has 3 rings (SSSR count). The molecule has 6 nitrogen and oxygen atoms in total. The lowest BCUT2D eigenvalue weighted by Gasteiger charge is -2.08. The van der Waals surface area contributed by atoms with Crippen LogP contribution in [-0.4, -0.2) is 24.6 Å². The van der Waals surface area contributed by atoms with Crippen LogP contribution in [0.25, 0.3) is 10.9 Å². The quantitative estimate of drug-likeness (QED) is 0.401. The molecule has 0 aliphatic rings. The summed E-state index contributed by atoms with van der Waals surface area (Å²) in [5.74, 6) is 0.172. The second-order valence-electron chi connectivity index (χ2n) is 6.68. The smallest absolute Gasteiger partial charge is 0.232 e. The van der Waals surface area contributed by atoms with Crippen molar-refractivity contribution in [1.29, 1.82) is 5.41 Å². The number of sulfonamides is 1. The number of anilines is 1. The highest BCUT2D eigenvalue weighted by molar-refractivity contribution is 7.92. The molecule has 0 unspecified atom stereocenters. The molecule has 4 N–H and O–H groups in total. The number of aromatic nitrogens is 1. The molecule has 0 aliphatic heterocycles.